The Morgan fingerprint density at radius 3 is 2.85 bits per heavy atom. The summed E-state index contributed by atoms with van der Waals surface area (Å²) < 4.78 is 11.9. The summed E-state index contributed by atoms with van der Waals surface area (Å²) in [5.41, 5.74) is 1.82. The predicted molar refractivity (Wildman–Crippen MR) is 105 cm³/mol. The quantitative estimate of drug-likeness (QED) is 0.640. The molecule has 134 valence electrons. The minimum Gasteiger partial charge on any atom is -0.493 e. The highest BCUT2D eigenvalue weighted by molar-refractivity contribution is 7.18. The summed E-state index contributed by atoms with van der Waals surface area (Å²) in [5.74, 6) is 1.16. The third-order valence-electron chi connectivity index (χ3n) is 3.67. The van der Waals surface area contributed by atoms with E-state index < -0.39 is 0 Å². The van der Waals surface area contributed by atoms with E-state index in [1.807, 2.05) is 49.4 Å². The van der Waals surface area contributed by atoms with Gasteiger partial charge in [-0.2, -0.15) is 0 Å². The molecule has 26 heavy (non-hydrogen) atoms. The molecule has 0 saturated carbocycles. The zero-order chi connectivity index (χ0) is 18.4. The fraction of sp³-hybridized carbons (Fsp3) is 0.200. The first kappa shape index (κ1) is 17.9. The van der Waals surface area contributed by atoms with E-state index in [0.717, 1.165) is 20.8 Å². The van der Waals surface area contributed by atoms with Crippen LogP contribution in [-0.4, -0.2) is 24.6 Å². The maximum absolute atomic E-state index is 12.1. The molecule has 0 saturated heterocycles. The Balaban J connectivity index is 1.61. The second-order valence-electron chi connectivity index (χ2n) is 5.47. The maximum atomic E-state index is 12.1. The van der Waals surface area contributed by atoms with Crippen molar-refractivity contribution in [3.05, 3.63) is 59.1 Å². The molecule has 2 aromatic carbocycles. The van der Waals surface area contributed by atoms with E-state index in [4.69, 9.17) is 9.47 Å². The highest BCUT2D eigenvalue weighted by Gasteiger charge is 2.06. The number of methoxy groups -OCH3 is 1. The lowest BCUT2D eigenvalue weighted by atomic mass is 10.2. The Hall–Kier alpha value is -2.86. The van der Waals surface area contributed by atoms with Crippen LogP contribution >= 0.6 is 11.3 Å². The predicted octanol–water partition coefficient (Wildman–Crippen LogP) is 4.03. The smallest absolute Gasteiger partial charge is 0.244 e. The fourth-order valence-electron chi connectivity index (χ4n) is 2.45. The van der Waals surface area contributed by atoms with Crippen molar-refractivity contribution in [3.63, 3.8) is 0 Å². The summed E-state index contributed by atoms with van der Waals surface area (Å²) in [7, 11) is 1.60. The molecule has 1 N–H and O–H groups in total. The maximum Gasteiger partial charge on any atom is 0.244 e. The van der Waals surface area contributed by atoms with Gasteiger partial charge < -0.3 is 14.8 Å². The highest BCUT2D eigenvalue weighted by atomic mass is 32.1. The third kappa shape index (κ3) is 4.40. The van der Waals surface area contributed by atoms with E-state index >= 15 is 0 Å². The lowest BCUT2D eigenvalue weighted by Crippen LogP contribution is -2.20. The summed E-state index contributed by atoms with van der Waals surface area (Å²) >= 11 is 1.58. The van der Waals surface area contributed by atoms with Gasteiger partial charge >= 0.3 is 0 Å². The van der Waals surface area contributed by atoms with Crippen molar-refractivity contribution in [1.29, 1.82) is 0 Å². The van der Waals surface area contributed by atoms with Crippen molar-refractivity contribution in [2.75, 3.05) is 13.7 Å². The number of para-hydroxylation sites is 1. The standard InChI is InChI=1S/C20H20N2O3S/c1-3-25-17-12-14(8-10-16(17)24-2)9-11-19(23)21-13-20-22-15-6-4-5-7-18(15)26-20/h4-12H,3,13H2,1-2H3,(H,21,23)/b11-9+. The normalized spacial score (nSPS) is 11.0. The number of hydrogen-bond donors (Lipinski definition) is 1. The Bertz CT molecular complexity index is 901. The van der Waals surface area contributed by atoms with Crippen molar-refractivity contribution in [2.24, 2.45) is 0 Å². The molecule has 1 amide bonds. The topological polar surface area (TPSA) is 60.5 Å². The lowest BCUT2D eigenvalue weighted by molar-refractivity contribution is -0.116. The second kappa shape index (κ2) is 8.49. The Morgan fingerprint density at radius 1 is 1.23 bits per heavy atom. The first-order valence-corrected chi connectivity index (χ1v) is 9.12. The van der Waals surface area contributed by atoms with Crippen LogP contribution in [0.4, 0.5) is 0 Å². The number of ether oxygens (including phenoxy) is 2. The zero-order valence-corrected chi connectivity index (χ0v) is 15.5. The average molecular weight is 368 g/mol. The largest absolute Gasteiger partial charge is 0.493 e. The first-order valence-electron chi connectivity index (χ1n) is 8.31. The average Bonchev–Trinajstić information content (AvgIpc) is 3.08. The van der Waals surface area contributed by atoms with Gasteiger partial charge in [0.25, 0.3) is 0 Å². The molecule has 0 atom stereocenters. The van der Waals surface area contributed by atoms with Gasteiger partial charge in [-0.05, 0) is 42.8 Å². The van der Waals surface area contributed by atoms with Crippen molar-refractivity contribution in [3.8, 4) is 11.5 Å². The van der Waals surface area contributed by atoms with Crippen molar-refractivity contribution in [1.82, 2.24) is 10.3 Å². The SMILES string of the molecule is CCOc1cc(/C=C/C(=O)NCc2nc3ccccc3s2)ccc1OC. The van der Waals surface area contributed by atoms with Crippen LogP contribution < -0.4 is 14.8 Å². The Labute approximate surface area is 156 Å². The first-order chi connectivity index (χ1) is 12.7. The van der Waals surface area contributed by atoms with Gasteiger partial charge in [0.15, 0.2) is 11.5 Å². The number of thiazole rings is 1. The van der Waals surface area contributed by atoms with Crippen LogP contribution in [0.1, 0.15) is 17.5 Å². The molecule has 0 spiro atoms. The van der Waals surface area contributed by atoms with Gasteiger partial charge in [0.2, 0.25) is 5.91 Å². The number of aromatic nitrogens is 1. The van der Waals surface area contributed by atoms with Crippen molar-refractivity contribution >= 4 is 33.5 Å². The summed E-state index contributed by atoms with van der Waals surface area (Å²) in [6.45, 7) is 2.87. The molecule has 0 aliphatic heterocycles. The van der Waals surface area contributed by atoms with Gasteiger partial charge in [0, 0.05) is 6.08 Å². The van der Waals surface area contributed by atoms with Crippen molar-refractivity contribution < 1.29 is 14.3 Å². The lowest BCUT2D eigenvalue weighted by Gasteiger charge is -2.09. The molecular weight excluding hydrogens is 348 g/mol. The molecule has 0 unspecified atom stereocenters. The molecule has 0 aliphatic rings. The Kier molecular flexibility index (Phi) is 5.86. The molecule has 0 fully saturated rings. The van der Waals surface area contributed by atoms with Gasteiger partial charge in [-0.25, -0.2) is 4.98 Å². The fourth-order valence-corrected chi connectivity index (χ4v) is 3.36. The van der Waals surface area contributed by atoms with Gasteiger partial charge in [-0.3, -0.25) is 4.79 Å². The number of amides is 1. The number of carbonyl (C=O) groups excluding carboxylic acids is 1. The molecule has 3 rings (SSSR count). The number of nitrogens with zero attached hydrogens (tertiary/aromatic N) is 1. The second-order valence-corrected chi connectivity index (χ2v) is 6.58. The minimum absolute atomic E-state index is 0.168. The van der Waals surface area contributed by atoms with E-state index in [2.05, 4.69) is 10.3 Å². The van der Waals surface area contributed by atoms with Crippen LogP contribution in [0.15, 0.2) is 48.5 Å². The summed E-state index contributed by atoms with van der Waals surface area (Å²) in [6, 6.07) is 13.5. The highest BCUT2D eigenvalue weighted by Crippen LogP contribution is 2.28. The van der Waals surface area contributed by atoms with E-state index in [0.29, 0.717) is 24.7 Å². The van der Waals surface area contributed by atoms with Crippen LogP contribution in [0.25, 0.3) is 16.3 Å². The molecule has 3 aromatic rings. The van der Waals surface area contributed by atoms with E-state index in [1.165, 1.54) is 6.08 Å². The molecule has 1 heterocycles. The number of carbonyl (C=O) groups is 1. The molecule has 0 bridgehead atoms. The Morgan fingerprint density at radius 2 is 2.08 bits per heavy atom. The van der Waals surface area contributed by atoms with E-state index in [1.54, 1.807) is 24.5 Å². The number of rotatable bonds is 7. The van der Waals surface area contributed by atoms with Gasteiger partial charge in [-0.15, -0.1) is 11.3 Å². The monoisotopic (exact) mass is 368 g/mol. The van der Waals surface area contributed by atoms with Crippen LogP contribution in [0.5, 0.6) is 11.5 Å². The number of benzene rings is 2. The minimum atomic E-state index is -0.168. The third-order valence-corrected chi connectivity index (χ3v) is 4.70. The molecular formula is C20H20N2O3S. The molecule has 0 radical (unpaired) electrons. The summed E-state index contributed by atoms with van der Waals surface area (Å²) in [5, 5.41) is 3.74. The van der Waals surface area contributed by atoms with Gasteiger partial charge in [0.1, 0.15) is 5.01 Å². The molecule has 1 aromatic heterocycles. The molecule has 6 heteroatoms. The summed E-state index contributed by atoms with van der Waals surface area (Å²) in [4.78, 5) is 16.6. The van der Waals surface area contributed by atoms with Crippen molar-refractivity contribution in [2.45, 2.75) is 13.5 Å². The van der Waals surface area contributed by atoms with Crippen LogP contribution in [0.2, 0.25) is 0 Å². The number of hydrogen-bond acceptors (Lipinski definition) is 5. The van der Waals surface area contributed by atoms with E-state index in [-0.39, 0.29) is 5.91 Å². The zero-order valence-electron chi connectivity index (χ0n) is 14.7. The number of fused-ring (bicyclic) bond motifs is 1. The van der Waals surface area contributed by atoms with Crippen LogP contribution in [0, 0.1) is 0 Å². The summed E-state index contributed by atoms with van der Waals surface area (Å²) in [6.07, 6.45) is 3.25. The van der Waals surface area contributed by atoms with E-state index in [9.17, 15) is 4.79 Å². The number of nitrogens with one attached hydrogen (secondary N) is 1. The van der Waals surface area contributed by atoms with Gasteiger partial charge in [-0.1, -0.05) is 18.2 Å². The molecule has 5 nitrogen and oxygen atoms in total. The molecule has 0 aliphatic carbocycles. The van der Waals surface area contributed by atoms with Crippen LogP contribution in [0.3, 0.4) is 0 Å². The van der Waals surface area contributed by atoms with Gasteiger partial charge in [0.05, 0.1) is 30.5 Å². The van der Waals surface area contributed by atoms with Crippen LogP contribution in [-0.2, 0) is 11.3 Å².